The van der Waals surface area contributed by atoms with Gasteiger partial charge in [0, 0.05) is 12.7 Å². The minimum Gasteiger partial charge on any atom is -0.467 e. The predicted molar refractivity (Wildman–Crippen MR) is 81.8 cm³/mol. The Morgan fingerprint density at radius 1 is 1.40 bits per heavy atom. The molecule has 0 fully saturated rings. The van der Waals surface area contributed by atoms with Crippen molar-refractivity contribution in [3.05, 3.63) is 42.0 Å². The van der Waals surface area contributed by atoms with Crippen molar-refractivity contribution in [2.45, 2.75) is 39.2 Å². The average molecular weight is 278 g/mol. The maximum Gasteiger partial charge on any atom is 0.188 e. The summed E-state index contributed by atoms with van der Waals surface area (Å²) in [5.74, 6) is 0.756. The molecule has 3 heteroatoms. The van der Waals surface area contributed by atoms with E-state index in [1.54, 1.807) is 7.11 Å². The van der Waals surface area contributed by atoms with Gasteiger partial charge in [-0.3, -0.25) is 0 Å². The Hall–Kier alpha value is -1.32. The summed E-state index contributed by atoms with van der Waals surface area (Å²) in [6.07, 6.45) is 3.21. The SMILES string of the molecule is C=CCCC(O)(c1cc(C)ccc1OCOC)C(C)C. The molecule has 0 radical (unpaired) electrons. The first-order chi connectivity index (χ1) is 9.45. The molecule has 0 aliphatic carbocycles. The fourth-order valence-electron chi connectivity index (χ4n) is 2.29. The Kier molecular flexibility index (Phi) is 6.24. The first-order valence-corrected chi connectivity index (χ1v) is 7.01. The van der Waals surface area contributed by atoms with Gasteiger partial charge < -0.3 is 14.6 Å². The fraction of sp³-hybridized carbons (Fsp3) is 0.529. The van der Waals surface area contributed by atoms with Crippen molar-refractivity contribution in [3.8, 4) is 5.75 Å². The summed E-state index contributed by atoms with van der Waals surface area (Å²) < 4.78 is 10.6. The second kappa shape index (κ2) is 7.46. The van der Waals surface area contributed by atoms with Crippen molar-refractivity contribution in [1.29, 1.82) is 0 Å². The van der Waals surface area contributed by atoms with E-state index in [1.807, 2.05) is 45.0 Å². The quantitative estimate of drug-likeness (QED) is 0.581. The highest BCUT2D eigenvalue weighted by Crippen LogP contribution is 2.40. The van der Waals surface area contributed by atoms with Crippen molar-refractivity contribution in [1.82, 2.24) is 0 Å². The van der Waals surface area contributed by atoms with Crippen LogP contribution in [0.4, 0.5) is 0 Å². The molecular formula is C17H26O3. The third-order valence-electron chi connectivity index (χ3n) is 3.62. The third kappa shape index (κ3) is 3.84. The highest BCUT2D eigenvalue weighted by atomic mass is 16.7. The zero-order chi connectivity index (χ0) is 15.2. The normalized spacial score (nSPS) is 14.1. The number of hydrogen-bond acceptors (Lipinski definition) is 3. The molecule has 0 bridgehead atoms. The van der Waals surface area contributed by atoms with Gasteiger partial charge in [0.25, 0.3) is 0 Å². The molecule has 0 saturated carbocycles. The first-order valence-electron chi connectivity index (χ1n) is 7.01. The van der Waals surface area contributed by atoms with Gasteiger partial charge >= 0.3 is 0 Å². The minimum atomic E-state index is -0.927. The Morgan fingerprint density at radius 2 is 2.10 bits per heavy atom. The molecule has 3 nitrogen and oxygen atoms in total. The van der Waals surface area contributed by atoms with Crippen LogP contribution in [0.3, 0.4) is 0 Å². The zero-order valence-electron chi connectivity index (χ0n) is 13.0. The molecule has 0 aromatic heterocycles. The molecule has 1 unspecified atom stereocenters. The van der Waals surface area contributed by atoms with Crippen molar-refractivity contribution >= 4 is 0 Å². The van der Waals surface area contributed by atoms with E-state index in [0.29, 0.717) is 12.2 Å². The monoisotopic (exact) mass is 278 g/mol. The molecule has 1 N–H and O–H groups in total. The van der Waals surface area contributed by atoms with E-state index in [0.717, 1.165) is 17.5 Å². The predicted octanol–water partition coefficient (Wildman–Crippen LogP) is 3.79. The van der Waals surface area contributed by atoms with Crippen LogP contribution in [-0.4, -0.2) is 19.0 Å². The molecule has 1 aromatic carbocycles. The van der Waals surface area contributed by atoms with Crippen LogP contribution in [0.1, 0.15) is 37.8 Å². The van der Waals surface area contributed by atoms with E-state index in [4.69, 9.17) is 9.47 Å². The van der Waals surface area contributed by atoms with Crippen LogP contribution in [0.25, 0.3) is 0 Å². The molecule has 1 atom stereocenters. The molecular weight excluding hydrogens is 252 g/mol. The first kappa shape index (κ1) is 16.7. The smallest absolute Gasteiger partial charge is 0.188 e. The highest BCUT2D eigenvalue weighted by molar-refractivity contribution is 5.41. The van der Waals surface area contributed by atoms with Crippen LogP contribution in [0.5, 0.6) is 5.75 Å². The van der Waals surface area contributed by atoms with Crippen LogP contribution in [-0.2, 0) is 10.3 Å². The number of rotatable bonds is 8. The van der Waals surface area contributed by atoms with Gasteiger partial charge in [0.1, 0.15) is 5.75 Å². The summed E-state index contributed by atoms with van der Waals surface area (Å²) >= 11 is 0. The zero-order valence-corrected chi connectivity index (χ0v) is 13.0. The van der Waals surface area contributed by atoms with Crippen molar-refractivity contribution in [2.24, 2.45) is 5.92 Å². The van der Waals surface area contributed by atoms with Crippen molar-refractivity contribution < 1.29 is 14.6 Å². The average Bonchev–Trinajstić information content (AvgIpc) is 2.43. The summed E-state index contributed by atoms with van der Waals surface area (Å²) in [5.41, 5.74) is 0.998. The van der Waals surface area contributed by atoms with E-state index >= 15 is 0 Å². The maximum atomic E-state index is 11.1. The van der Waals surface area contributed by atoms with Crippen LogP contribution < -0.4 is 4.74 Å². The highest BCUT2D eigenvalue weighted by Gasteiger charge is 2.35. The standard InChI is InChI=1S/C17H26O3/c1-6-7-10-17(18,13(2)3)15-11-14(4)8-9-16(15)20-12-19-5/h6,8-9,11,13,18H,1,7,10,12H2,2-5H3. The minimum absolute atomic E-state index is 0.0779. The number of ether oxygens (including phenoxy) is 2. The summed E-state index contributed by atoms with van der Waals surface area (Å²) in [4.78, 5) is 0. The molecule has 20 heavy (non-hydrogen) atoms. The Balaban J connectivity index is 3.22. The van der Waals surface area contributed by atoms with E-state index in [-0.39, 0.29) is 12.7 Å². The Morgan fingerprint density at radius 3 is 2.65 bits per heavy atom. The number of benzene rings is 1. The lowest BCUT2D eigenvalue weighted by atomic mass is 9.79. The van der Waals surface area contributed by atoms with Crippen molar-refractivity contribution in [3.63, 3.8) is 0 Å². The van der Waals surface area contributed by atoms with E-state index < -0.39 is 5.60 Å². The molecule has 0 aliphatic rings. The van der Waals surface area contributed by atoms with Gasteiger partial charge in [0.15, 0.2) is 6.79 Å². The molecule has 1 rings (SSSR count). The summed E-state index contributed by atoms with van der Waals surface area (Å²) in [5, 5.41) is 11.1. The van der Waals surface area contributed by atoms with Crippen LogP contribution in [0.2, 0.25) is 0 Å². The number of methoxy groups -OCH3 is 1. The molecule has 0 heterocycles. The molecule has 0 saturated heterocycles. The third-order valence-corrected chi connectivity index (χ3v) is 3.62. The van der Waals surface area contributed by atoms with Gasteiger partial charge in [0.05, 0.1) is 5.60 Å². The Bertz CT molecular complexity index is 440. The van der Waals surface area contributed by atoms with Gasteiger partial charge in [-0.2, -0.15) is 0 Å². The molecule has 0 spiro atoms. The van der Waals surface area contributed by atoms with Crippen LogP contribution >= 0.6 is 0 Å². The van der Waals surface area contributed by atoms with E-state index in [9.17, 15) is 5.11 Å². The Labute approximate surface area is 122 Å². The molecule has 0 amide bonds. The maximum absolute atomic E-state index is 11.1. The number of allylic oxidation sites excluding steroid dienone is 1. The van der Waals surface area contributed by atoms with E-state index in [2.05, 4.69) is 6.58 Å². The lowest BCUT2D eigenvalue weighted by Crippen LogP contribution is -2.32. The lowest BCUT2D eigenvalue weighted by Gasteiger charge is -2.34. The lowest BCUT2D eigenvalue weighted by molar-refractivity contribution is -0.0235. The number of hydrogen-bond donors (Lipinski definition) is 1. The fourth-order valence-corrected chi connectivity index (χ4v) is 2.29. The van der Waals surface area contributed by atoms with Gasteiger partial charge in [-0.25, -0.2) is 0 Å². The van der Waals surface area contributed by atoms with Gasteiger partial charge in [-0.1, -0.05) is 31.6 Å². The largest absolute Gasteiger partial charge is 0.467 e. The second-order valence-corrected chi connectivity index (χ2v) is 5.46. The van der Waals surface area contributed by atoms with Crippen LogP contribution in [0.15, 0.2) is 30.9 Å². The van der Waals surface area contributed by atoms with Crippen molar-refractivity contribution in [2.75, 3.05) is 13.9 Å². The molecule has 0 aliphatic heterocycles. The topological polar surface area (TPSA) is 38.7 Å². The van der Waals surface area contributed by atoms with Crippen LogP contribution in [0, 0.1) is 12.8 Å². The summed E-state index contributed by atoms with van der Waals surface area (Å²) in [7, 11) is 1.58. The molecule has 1 aromatic rings. The number of aryl methyl sites for hydroxylation is 1. The van der Waals surface area contributed by atoms with Gasteiger partial charge in [-0.05, 0) is 37.8 Å². The van der Waals surface area contributed by atoms with E-state index in [1.165, 1.54) is 0 Å². The molecule has 112 valence electrons. The summed E-state index contributed by atoms with van der Waals surface area (Å²) in [6.45, 7) is 9.97. The van der Waals surface area contributed by atoms with Gasteiger partial charge in [-0.15, -0.1) is 6.58 Å². The second-order valence-electron chi connectivity index (χ2n) is 5.46. The summed E-state index contributed by atoms with van der Waals surface area (Å²) in [6, 6.07) is 5.86. The number of aliphatic hydroxyl groups is 1. The van der Waals surface area contributed by atoms with Gasteiger partial charge in [0.2, 0.25) is 0 Å².